The standard InChI is InChI=1S/C26H32F2N6O5/c27-24(28)23-20(29)14-33(31-23)18-5-8-32(9-6-18)10-12-39-11-7-16-1-2-19-17(13-16)15-34(38,26(19)37)21-3-4-22(35)30-25(21)36/h1-2,13-14,18,21,24H,3-12,15,29H2,(H,30,35,36). The van der Waals surface area contributed by atoms with Crippen molar-refractivity contribution in [2.75, 3.05) is 38.6 Å². The number of halogens is 2. The number of hydrogen-bond donors (Lipinski definition) is 2. The molecule has 13 heteroatoms. The number of imide groups is 1. The average molecular weight is 547 g/mol. The molecule has 2 atom stereocenters. The van der Waals surface area contributed by atoms with Crippen molar-refractivity contribution in [1.82, 2.24) is 20.0 Å². The molecule has 0 aliphatic carbocycles. The highest BCUT2D eigenvalue weighted by Crippen LogP contribution is 2.35. The number of carbonyl (C=O) groups is 3. The van der Waals surface area contributed by atoms with Crippen LogP contribution in [0.3, 0.4) is 0 Å². The Morgan fingerprint density at radius 3 is 2.64 bits per heavy atom. The number of rotatable bonds is 9. The van der Waals surface area contributed by atoms with Crippen molar-refractivity contribution >= 4 is 23.4 Å². The zero-order valence-electron chi connectivity index (χ0n) is 21.5. The zero-order valence-corrected chi connectivity index (χ0v) is 21.5. The maximum atomic E-state index is 13.4. The number of carbonyl (C=O) groups excluding carboxylic acids is 3. The topological polar surface area (TPSA) is 143 Å². The lowest BCUT2D eigenvalue weighted by Crippen LogP contribution is -2.60. The Labute approximate surface area is 224 Å². The van der Waals surface area contributed by atoms with Crippen LogP contribution in [0.2, 0.25) is 0 Å². The number of fused-ring (bicyclic) bond motifs is 1. The number of nitrogens with one attached hydrogen (secondary N) is 1. The van der Waals surface area contributed by atoms with Gasteiger partial charge in [0.2, 0.25) is 5.91 Å². The van der Waals surface area contributed by atoms with Crippen LogP contribution < -0.4 is 11.1 Å². The van der Waals surface area contributed by atoms with Gasteiger partial charge >= 0.3 is 5.91 Å². The van der Waals surface area contributed by atoms with Crippen molar-refractivity contribution in [3.8, 4) is 0 Å². The summed E-state index contributed by atoms with van der Waals surface area (Å²) in [5.74, 6) is -1.76. The molecule has 0 saturated carbocycles. The van der Waals surface area contributed by atoms with Crippen LogP contribution in [0.4, 0.5) is 14.5 Å². The molecule has 1 aromatic carbocycles. The number of aromatic nitrogens is 2. The zero-order chi connectivity index (χ0) is 27.7. The minimum absolute atomic E-state index is 0.0246. The maximum Gasteiger partial charge on any atom is 0.347 e. The van der Waals surface area contributed by atoms with Crippen LogP contribution in [0.25, 0.3) is 0 Å². The fourth-order valence-electron chi connectivity index (χ4n) is 5.67. The highest BCUT2D eigenvalue weighted by Gasteiger charge is 2.49. The third-order valence-corrected chi connectivity index (χ3v) is 7.88. The van der Waals surface area contributed by atoms with Gasteiger partial charge in [0, 0.05) is 44.2 Å². The summed E-state index contributed by atoms with van der Waals surface area (Å²) < 4.78 is 32.0. The number of nitrogen functional groups attached to an aromatic ring is 1. The van der Waals surface area contributed by atoms with Gasteiger partial charge in [0.15, 0.2) is 11.7 Å². The molecule has 1 aromatic heterocycles. The number of quaternary nitrogens is 1. The van der Waals surface area contributed by atoms with Crippen molar-refractivity contribution in [1.29, 1.82) is 0 Å². The predicted octanol–water partition coefficient (Wildman–Crippen LogP) is 2.07. The molecule has 0 spiro atoms. The smallest absolute Gasteiger partial charge is 0.347 e. The summed E-state index contributed by atoms with van der Waals surface area (Å²) in [5.41, 5.74) is 7.18. The number of alkyl halides is 2. The van der Waals surface area contributed by atoms with E-state index in [1.807, 2.05) is 6.07 Å². The van der Waals surface area contributed by atoms with E-state index < -0.39 is 34.8 Å². The number of hydrogen-bond acceptors (Lipinski definition) is 8. The van der Waals surface area contributed by atoms with E-state index in [2.05, 4.69) is 15.3 Å². The van der Waals surface area contributed by atoms with Gasteiger partial charge in [0.1, 0.15) is 6.54 Å². The molecule has 39 heavy (non-hydrogen) atoms. The SMILES string of the molecule is Nc1cn(C2CCN(CCOCCc3ccc4c(c3)C[N+]([O-])(C3CCC(=O)NC3=O)C4=O)CC2)nc1C(F)F. The lowest BCUT2D eigenvalue weighted by molar-refractivity contribution is -0.825. The Morgan fingerprint density at radius 2 is 1.95 bits per heavy atom. The van der Waals surface area contributed by atoms with E-state index in [9.17, 15) is 28.4 Å². The van der Waals surface area contributed by atoms with Crippen LogP contribution in [0.1, 0.15) is 65.3 Å². The van der Waals surface area contributed by atoms with Gasteiger partial charge in [-0.25, -0.2) is 13.6 Å². The van der Waals surface area contributed by atoms with E-state index in [-0.39, 0.29) is 36.8 Å². The summed E-state index contributed by atoms with van der Waals surface area (Å²) in [6.45, 7) is 3.24. The van der Waals surface area contributed by atoms with Gasteiger partial charge in [0.05, 0.1) is 30.5 Å². The molecule has 2 fully saturated rings. The van der Waals surface area contributed by atoms with Gasteiger partial charge in [-0.1, -0.05) is 6.07 Å². The number of hydroxylamine groups is 3. The predicted molar refractivity (Wildman–Crippen MR) is 135 cm³/mol. The molecule has 3 N–H and O–H groups in total. The van der Waals surface area contributed by atoms with Crippen LogP contribution in [-0.4, -0.2) is 75.9 Å². The normalized spacial score (nSPS) is 24.4. The minimum atomic E-state index is -2.68. The van der Waals surface area contributed by atoms with E-state index in [4.69, 9.17) is 10.5 Å². The van der Waals surface area contributed by atoms with Crippen molar-refractivity contribution in [2.24, 2.45) is 0 Å². The first-order valence-corrected chi connectivity index (χ1v) is 13.2. The highest BCUT2D eigenvalue weighted by molar-refractivity contribution is 6.02. The first-order chi connectivity index (χ1) is 18.7. The second-order valence-corrected chi connectivity index (χ2v) is 10.4. The summed E-state index contributed by atoms with van der Waals surface area (Å²) in [6, 6.07) is 4.19. The Bertz CT molecular complexity index is 1260. The van der Waals surface area contributed by atoms with Gasteiger partial charge in [-0.2, -0.15) is 5.10 Å². The largest absolute Gasteiger partial charge is 0.624 e. The summed E-state index contributed by atoms with van der Waals surface area (Å²) in [5, 5.41) is 19.6. The van der Waals surface area contributed by atoms with Crippen LogP contribution in [0.15, 0.2) is 24.4 Å². The molecule has 2 saturated heterocycles. The second kappa shape index (κ2) is 11.1. The van der Waals surface area contributed by atoms with E-state index in [0.717, 1.165) is 38.0 Å². The molecule has 3 aliphatic rings. The molecular weight excluding hydrogens is 514 g/mol. The summed E-state index contributed by atoms with van der Waals surface area (Å²) >= 11 is 0. The molecule has 0 bridgehead atoms. The Morgan fingerprint density at radius 1 is 1.18 bits per heavy atom. The first-order valence-electron chi connectivity index (χ1n) is 13.2. The Balaban J connectivity index is 1.05. The highest BCUT2D eigenvalue weighted by atomic mass is 19.3. The third kappa shape index (κ3) is 5.57. The molecule has 0 radical (unpaired) electrons. The number of ether oxygens (including phenoxy) is 1. The summed E-state index contributed by atoms with van der Waals surface area (Å²) in [6.07, 6.45) is 1.10. The number of nitrogens with zero attached hydrogens (tertiary/aromatic N) is 4. The number of benzene rings is 1. The van der Waals surface area contributed by atoms with Gasteiger partial charge in [0.25, 0.3) is 12.3 Å². The van der Waals surface area contributed by atoms with E-state index in [1.54, 1.807) is 16.8 Å². The third-order valence-electron chi connectivity index (χ3n) is 7.88. The van der Waals surface area contributed by atoms with Gasteiger partial charge < -0.3 is 20.6 Å². The summed E-state index contributed by atoms with van der Waals surface area (Å²) in [4.78, 5) is 38.8. The van der Waals surface area contributed by atoms with Crippen LogP contribution >= 0.6 is 0 Å². The number of nitrogens with two attached hydrogens (primary N) is 1. The maximum absolute atomic E-state index is 13.4. The van der Waals surface area contributed by atoms with E-state index in [1.165, 1.54) is 6.20 Å². The molecule has 5 rings (SSSR count). The molecule has 4 heterocycles. The fourth-order valence-corrected chi connectivity index (χ4v) is 5.67. The van der Waals surface area contributed by atoms with E-state index >= 15 is 0 Å². The lowest BCUT2D eigenvalue weighted by atomic mass is 10.0. The van der Waals surface area contributed by atoms with Crippen molar-refractivity contribution in [3.05, 3.63) is 52.0 Å². The number of anilines is 1. The van der Waals surface area contributed by atoms with Gasteiger partial charge in [-0.15, -0.1) is 0 Å². The average Bonchev–Trinajstić information content (AvgIpc) is 3.41. The minimum Gasteiger partial charge on any atom is -0.624 e. The summed E-state index contributed by atoms with van der Waals surface area (Å²) in [7, 11) is 0. The monoisotopic (exact) mass is 546 g/mol. The lowest BCUT2D eigenvalue weighted by Gasteiger charge is -2.42. The number of amides is 3. The Hall–Kier alpha value is -3.26. The van der Waals surface area contributed by atoms with Crippen LogP contribution in [0, 0.1) is 5.21 Å². The molecule has 2 aromatic rings. The molecule has 3 amide bonds. The van der Waals surface area contributed by atoms with Gasteiger partial charge in [-0.3, -0.25) is 24.2 Å². The van der Waals surface area contributed by atoms with Crippen LogP contribution in [-0.2, 0) is 27.3 Å². The van der Waals surface area contributed by atoms with Crippen molar-refractivity contribution < 1.29 is 32.5 Å². The van der Waals surface area contributed by atoms with Crippen molar-refractivity contribution in [2.45, 2.75) is 57.2 Å². The number of likely N-dealkylation sites (tertiary alicyclic amines) is 1. The molecule has 210 valence electrons. The van der Waals surface area contributed by atoms with Crippen molar-refractivity contribution in [3.63, 3.8) is 0 Å². The molecule has 3 aliphatic heterocycles. The fraction of sp³-hybridized carbons (Fsp3) is 0.538. The van der Waals surface area contributed by atoms with Crippen LogP contribution in [0.5, 0.6) is 0 Å². The molecule has 11 nitrogen and oxygen atoms in total. The van der Waals surface area contributed by atoms with E-state index in [0.29, 0.717) is 30.8 Å². The Kier molecular flexibility index (Phi) is 7.76. The van der Waals surface area contributed by atoms with Gasteiger partial charge in [-0.05, 0) is 37.0 Å². The number of piperidine rings is 2. The molecular formula is C26H32F2N6O5. The second-order valence-electron chi connectivity index (χ2n) is 10.4. The quantitative estimate of drug-likeness (QED) is 0.211. The first kappa shape index (κ1) is 27.3. The molecule has 2 unspecified atom stereocenters.